The van der Waals surface area contributed by atoms with Gasteiger partial charge in [0, 0.05) is 0 Å². The average Bonchev–Trinajstić information content (AvgIpc) is 4.52. The molecule has 16 unspecified atom stereocenters. The fraction of sp³-hybridized carbons (Fsp3) is 1.00. The Hall–Kier alpha value is 0.0600. The van der Waals surface area contributed by atoms with E-state index in [0.717, 1.165) is 94.7 Å². The van der Waals surface area contributed by atoms with Crippen molar-refractivity contribution in [1.29, 1.82) is 0 Å². The highest BCUT2D eigenvalue weighted by atomic mass is 32.1. The van der Waals surface area contributed by atoms with Crippen LogP contribution in [0.5, 0.6) is 0 Å². The lowest BCUT2D eigenvalue weighted by atomic mass is 9.76. The lowest BCUT2D eigenvalue weighted by molar-refractivity contribution is 0.167. The Morgan fingerprint density at radius 3 is 0.232 bits per heavy atom. The fourth-order valence-corrected chi connectivity index (χ4v) is 23.9. The first kappa shape index (κ1) is 58.4. The second kappa shape index (κ2) is 25.0. The Morgan fingerprint density at radius 1 is 0.110 bits per heavy atom. The van der Waals surface area contributed by atoms with Crippen LogP contribution in [-0.4, -0.2) is 98.7 Å². The van der Waals surface area contributed by atoms with Crippen LogP contribution >= 0.6 is 27.0 Å². The molecule has 16 nitrogen and oxygen atoms in total. The van der Waals surface area contributed by atoms with Crippen LogP contribution in [-0.2, 0) is 0 Å². The summed E-state index contributed by atoms with van der Waals surface area (Å²) in [6.45, 7) is 0. The third-order valence-corrected chi connectivity index (χ3v) is 27.6. The van der Waals surface area contributed by atoms with E-state index in [1.165, 1.54) is 205 Å². The molecule has 16 atom stereocenters. The van der Waals surface area contributed by atoms with Crippen molar-refractivity contribution >= 4 is 27.0 Å². The van der Waals surface area contributed by atoms with Gasteiger partial charge in [0.25, 0.3) is 0 Å². The Kier molecular flexibility index (Phi) is 17.8. The molecule has 8 aliphatic carbocycles. The second-order valence-electron chi connectivity index (χ2n) is 31.2. The highest BCUT2D eigenvalue weighted by Gasteiger charge is 2.57. The van der Waals surface area contributed by atoms with E-state index in [1.54, 1.807) is 0 Å². The standard InChI is InChI=1S/2C32H56N8.2H2S/c2*1-2-10-18-17(9-1)25-33-26(18)38-28-21-13-5-6-14-22(21)30(35-28)40-32-24-16-8-7-15-23(24)31(36-32)39-29-20-12-4-3-11-19(20)27(34-29)37-25;;/h2*17-40H,1-16H2;2*1H2. The van der Waals surface area contributed by atoms with E-state index >= 15 is 0 Å². The fourth-order valence-electron chi connectivity index (χ4n) is 23.9. The summed E-state index contributed by atoms with van der Waals surface area (Å²) in [5.74, 6) is 11.9. The Labute approximate surface area is 508 Å². The highest BCUT2D eigenvalue weighted by molar-refractivity contribution is 7.59. The summed E-state index contributed by atoms with van der Waals surface area (Å²) in [7, 11) is 0. The molecule has 8 saturated carbocycles. The Bertz CT molecular complexity index is 1580. The van der Waals surface area contributed by atoms with Crippen LogP contribution in [0, 0.1) is 94.7 Å². The zero-order valence-electron chi connectivity index (χ0n) is 50.1. The molecule has 18 fully saturated rings. The normalized spacial score (nSPS) is 56.2. The van der Waals surface area contributed by atoms with Crippen LogP contribution in [0.15, 0.2) is 0 Å². The first-order chi connectivity index (χ1) is 39.6. The van der Waals surface area contributed by atoms with E-state index in [1.807, 2.05) is 0 Å². The van der Waals surface area contributed by atoms with E-state index in [-0.39, 0.29) is 27.0 Å². The second-order valence-corrected chi connectivity index (χ2v) is 31.2. The van der Waals surface area contributed by atoms with Crippen LogP contribution in [0.1, 0.15) is 205 Å². The molecule has 16 N–H and O–H groups in total. The predicted octanol–water partition coefficient (Wildman–Crippen LogP) is 5.44. The number of hydrogen-bond donors (Lipinski definition) is 16. The molecular formula is C64H116N16S2. The van der Waals surface area contributed by atoms with Gasteiger partial charge in [0.1, 0.15) is 0 Å². The number of nitrogens with one attached hydrogen (secondary N) is 16. The molecule has 0 amide bonds. The molecule has 16 bridgehead atoms. The minimum atomic E-state index is 0. The maximum atomic E-state index is 4.26. The molecule has 0 spiro atoms. The summed E-state index contributed by atoms with van der Waals surface area (Å²) in [5.41, 5.74) is 0. The quantitative estimate of drug-likeness (QED) is 0.147. The van der Waals surface area contributed by atoms with E-state index in [9.17, 15) is 0 Å². The number of hydrogen-bond acceptors (Lipinski definition) is 16. The monoisotopic (exact) mass is 1170 g/mol. The van der Waals surface area contributed by atoms with Crippen molar-refractivity contribution in [2.75, 3.05) is 0 Å². The number of rotatable bonds is 0. The van der Waals surface area contributed by atoms with Gasteiger partial charge in [0.05, 0.1) is 98.7 Å². The van der Waals surface area contributed by atoms with Gasteiger partial charge < -0.3 is 0 Å². The first-order valence-corrected chi connectivity index (χ1v) is 35.8. The van der Waals surface area contributed by atoms with Gasteiger partial charge in [-0.1, -0.05) is 103 Å². The Morgan fingerprint density at radius 2 is 0.171 bits per heavy atom. The summed E-state index contributed by atoms with van der Waals surface area (Å²) in [6, 6.07) is 0. The lowest BCUT2D eigenvalue weighted by Crippen LogP contribution is -2.61. The van der Waals surface area contributed by atoms with E-state index in [0.29, 0.717) is 98.7 Å². The van der Waals surface area contributed by atoms with Gasteiger partial charge in [-0.25, -0.2) is 0 Å². The van der Waals surface area contributed by atoms with Crippen LogP contribution in [0.4, 0.5) is 0 Å². The van der Waals surface area contributed by atoms with Crippen molar-refractivity contribution in [1.82, 2.24) is 85.1 Å². The molecule has 10 aliphatic heterocycles. The van der Waals surface area contributed by atoms with Crippen molar-refractivity contribution in [3.63, 3.8) is 0 Å². The summed E-state index contributed by atoms with van der Waals surface area (Å²) in [5, 5.41) is 67.6. The molecule has 0 aromatic rings. The minimum absolute atomic E-state index is 0. The van der Waals surface area contributed by atoms with Gasteiger partial charge in [-0.2, -0.15) is 27.0 Å². The predicted molar refractivity (Wildman–Crippen MR) is 335 cm³/mol. The zero-order valence-corrected chi connectivity index (χ0v) is 52.1. The van der Waals surface area contributed by atoms with Crippen LogP contribution in [0.3, 0.4) is 0 Å². The lowest BCUT2D eigenvalue weighted by Gasteiger charge is -2.35. The third-order valence-electron chi connectivity index (χ3n) is 27.6. The van der Waals surface area contributed by atoms with Crippen molar-refractivity contribution in [2.45, 2.75) is 304 Å². The summed E-state index contributed by atoms with van der Waals surface area (Å²) >= 11 is 0. The largest absolute Gasteiger partial charge is 0.286 e. The summed E-state index contributed by atoms with van der Waals surface area (Å²) in [6.07, 6.45) is 51.1. The molecule has 10 heterocycles. The van der Waals surface area contributed by atoms with Crippen molar-refractivity contribution < 1.29 is 0 Å². The summed E-state index contributed by atoms with van der Waals surface area (Å²) < 4.78 is 0. The van der Waals surface area contributed by atoms with Crippen molar-refractivity contribution in [3.8, 4) is 0 Å². The topological polar surface area (TPSA) is 192 Å². The molecule has 0 aromatic heterocycles. The molecule has 18 aliphatic rings. The molecule has 0 aromatic carbocycles. The van der Waals surface area contributed by atoms with E-state index in [2.05, 4.69) is 85.1 Å². The molecule has 18 rings (SSSR count). The van der Waals surface area contributed by atoms with E-state index in [4.69, 9.17) is 0 Å². The van der Waals surface area contributed by atoms with Gasteiger partial charge in [-0.3, -0.25) is 85.1 Å². The molecule has 18 heteroatoms. The number of fused-ring (bicyclic) bond motifs is 40. The van der Waals surface area contributed by atoms with Gasteiger partial charge in [-0.05, 0) is 197 Å². The minimum Gasteiger partial charge on any atom is -0.286 e. The van der Waals surface area contributed by atoms with Crippen LogP contribution < -0.4 is 85.1 Å². The van der Waals surface area contributed by atoms with Gasteiger partial charge in [-0.15, -0.1) is 0 Å². The molecule has 10 saturated heterocycles. The molecular weight excluding hydrogens is 1060 g/mol. The zero-order chi connectivity index (χ0) is 52.4. The third kappa shape index (κ3) is 10.7. The SMILES string of the molecule is C1CCC2C3NC(NC4NC(NC5NC(NC6NC(N3)C3CCCCC63)C3CCCCC53)C3CCCCC43)C2C1.C1CCC2C3NC(NC4NC(NC5NC(NC6NC(N3)C3CCCCC63)C3CCCCC53)C3CCCCC43)C2C1.S.S. The summed E-state index contributed by atoms with van der Waals surface area (Å²) in [4.78, 5) is 0. The first-order valence-electron chi connectivity index (χ1n) is 35.8. The smallest absolute Gasteiger partial charge is 0.0628 e. The average molecular weight is 1170 g/mol. The highest BCUT2D eigenvalue weighted by Crippen LogP contribution is 2.49. The van der Waals surface area contributed by atoms with Crippen molar-refractivity contribution in [2.24, 2.45) is 94.7 Å². The van der Waals surface area contributed by atoms with Crippen molar-refractivity contribution in [3.05, 3.63) is 0 Å². The van der Waals surface area contributed by atoms with Crippen LogP contribution in [0.2, 0.25) is 0 Å². The van der Waals surface area contributed by atoms with E-state index < -0.39 is 0 Å². The maximum Gasteiger partial charge on any atom is 0.0628 e. The molecule has 464 valence electrons. The van der Waals surface area contributed by atoms with Crippen LogP contribution in [0.25, 0.3) is 0 Å². The Balaban J connectivity index is 0.000000137. The van der Waals surface area contributed by atoms with Gasteiger partial charge in [0.15, 0.2) is 0 Å². The maximum absolute atomic E-state index is 4.26. The molecule has 82 heavy (non-hydrogen) atoms. The van der Waals surface area contributed by atoms with Gasteiger partial charge in [0.2, 0.25) is 0 Å². The van der Waals surface area contributed by atoms with Gasteiger partial charge >= 0.3 is 0 Å². The molecule has 0 radical (unpaired) electrons.